The van der Waals surface area contributed by atoms with E-state index < -0.39 is 0 Å². The largest absolute Gasteiger partial charge is 0.491 e. The number of benzene rings is 2. The van der Waals surface area contributed by atoms with Crippen LogP contribution in [-0.2, 0) is 16.0 Å². The molecular formula is C29H37ClN2O4. The molecule has 1 fully saturated rings. The van der Waals surface area contributed by atoms with Gasteiger partial charge in [-0.25, -0.2) is 0 Å². The zero-order valence-electron chi connectivity index (χ0n) is 21.2. The van der Waals surface area contributed by atoms with Crippen LogP contribution in [0.4, 0.5) is 0 Å². The van der Waals surface area contributed by atoms with Crippen molar-refractivity contribution in [1.82, 2.24) is 9.80 Å². The number of amides is 2. The van der Waals surface area contributed by atoms with Gasteiger partial charge in [-0.1, -0.05) is 48.4 Å². The number of hydrogen-bond acceptors (Lipinski definition) is 4. The Labute approximate surface area is 219 Å². The van der Waals surface area contributed by atoms with Gasteiger partial charge in [0.2, 0.25) is 5.91 Å². The zero-order chi connectivity index (χ0) is 25.4. The van der Waals surface area contributed by atoms with Gasteiger partial charge in [-0.15, -0.1) is 0 Å². The normalized spacial score (nSPS) is 18.7. The van der Waals surface area contributed by atoms with Crippen molar-refractivity contribution in [2.45, 2.75) is 44.9 Å². The first-order chi connectivity index (χ1) is 17.5. The number of aryl methyl sites for hydroxylation is 1. The lowest BCUT2D eigenvalue weighted by Gasteiger charge is -2.41. The van der Waals surface area contributed by atoms with Gasteiger partial charge in [-0.3, -0.25) is 9.59 Å². The molecule has 3 aliphatic heterocycles. The highest BCUT2D eigenvalue weighted by molar-refractivity contribution is 6.31. The van der Waals surface area contributed by atoms with Crippen LogP contribution in [0.25, 0.3) is 0 Å². The maximum Gasteiger partial charge on any atom is 0.257 e. The van der Waals surface area contributed by atoms with Crippen molar-refractivity contribution >= 4 is 23.4 Å². The minimum absolute atomic E-state index is 0.0131. The molecule has 3 heterocycles. The third kappa shape index (κ3) is 6.60. The van der Waals surface area contributed by atoms with Crippen LogP contribution < -0.4 is 4.74 Å². The van der Waals surface area contributed by atoms with Crippen LogP contribution in [0.2, 0.25) is 5.02 Å². The number of para-hydroxylation sites is 1. The molecule has 0 unspecified atom stereocenters. The van der Waals surface area contributed by atoms with Crippen molar-refractivity contribution in [3.63, 3.8) is 0 Å². The fourth-order valence-electron chi connectivity index (χ4n) is 5.43. The van der Waals surface area contributed by atoms with Gasteiger partial charge in [0.05, 0.1) is 18.7 Å². The predicted octanol–water partition coefficient (Wildman–Crippen LogP) is 5.23. The van der Waals surface area contributed by atoms with E-state index in [-0.39, 0.29) is 17.2 Å². The Bertz CT molecular complexity index is 1040. The smallest absolute Gasteiger partial charge is 0.257 e. The summed E-state index contributed by atoms with van der Waals surface area (Å²) in [6.07, 6.45) is 5.86. The summed E-state index contributed by atoms with van der Waals surface area (Å²) in [6, 6.07) is 15.1. The molecule has 0 spiro atoms. The Hall–Kier alpha value is -2.57. The third-order valence-corrected chi connectivity index (χ3v) is 7.97. The number of fused-ring (bicyclic) bond motifs is 9. The molecule has 2 aromatic rings. The first-order valence-corrected chi connectivity index (χ1v) is 13.4. The van der Waals surface area contributed by atoms with E-state index in [9.17, 15) is 9.59 Å². The van der Waals surface area contributed by atoms with Gasteiger partial charge in [-0.2, -0.15) is 0 Å². The van der Waals surface area contributed by atoms with E-state index in [1.807, 2.05) is 58.3 Å². The number of methoxy groups -OCH3 is 1. The summed E-state index contributed by atoms with van der Waals surface area (Å²) < 4.78 is 11.7. The lowest BCUT2D eigenvalue weighted by molar-refractivity contribution is -0.131. The minimum Gasteiger partial charge on any atom is -0.491 e. The molecule has 36 heavy (non-hydrogen) atoms. The topological polar surface area (TPSA) is 59.1 Å². The van der Waals surface area contributed by atoms with Crippen molar-refractivity contribution in [3.8, 4) is 5.75 Å². The van der Waals surface area contributed by atoms with Gasteiger partial charge >= 0.3 is 0 Å². The summed E-state index contributed by atoms with van der Waals surface area (Å²) in [5.74, 6) is 0.694. The maximum absolute atomic E-state index is 13.4. The van der Waals surface area contributed by atoms with E-state index in [4.69, 9.17) is 21.1 Å². The molecule has 0 radical (unpaired) electrons. The van der Waals surface area contributed by atoms with Gasteiger partial charge < -0.3 is 19.3 Å². The van der Waals surface area contributed by atoms with E-state index in [2.05, 4.69) is 0 Å². The molecule has 5 rings (SSSR count). The molecule has 3 aliphatic rings. The quantitative estimate of drug-likeness (QED) is 0.550. The van der Waals surface area contributed by atoms with Crippen LogP contribution in [0, 0.1) is 5.41 Å². The van der Waals surface area contributed by atoms with Crippen molar-refractivity contribution in [2.24, 2.45) is 5.41 Å². The van der Waals surface area contributed by atoms with E-state index in [1.54, 1.807) is 7.11 Å². The first kappa shape index (κ1) is 26.5. The fourth-order valence-corrected chi connectivity index (χ4v) is 5.66. The SMILES string of the molecule is COCC12CCCCN(C(=O)CCc3ccccc3Cl)CCOc3ccccc3C(=O)N(CC1)CC2. The second kappa shape index (κ2) is 12.6. The number of ether oxygens (including phenoxy) is 2. The highest BCUT2D eigenvalue weighted by Crippen LogP contribution is 2.38. The number of carbonyl (C=O) groups excluding carboxylic acids is 2. The molecule has 0 atom stereocenters. The van der Waals surface area contributed by atoms with Crippen LogP contribution in [0.3, 0.4) is 0 Å². The lowest BCUT2D eigenvalue weighted by atomic mass is 9.75. The van der Waals surface area contributed by atoms with Crippen molar-refractivity contribution in [3.05, 3.63) is 64.7 Å². The molecule has 7 heteroatoms. The van der Waals surface area contributed by atoms with Gasteiger partial charge in [0.25, 0.3) is 5.91 Å². The lowest BCUT2D eigenvalue weighted by Crippen LogP contribution is -2.45. The van der Waals surface area contributed by atoms with Crippen molar-refractivity contribution in [2.75, 3.05) is 46.5 Å². The Morgan fingerprint density at radius 2 is 1.75 bits per heavy atom. The number of halogens is 1. The first-order valence-electron chi connectivity index (χ1n) is 13.0. The van der Waals surface area contributed by atoms with Crippen LogP contribution in [0.1, 0.15) is 54.4 Å². The molecule has 2 bridgehead atoms. The predicted molar refractivity (Wildman–Crippen MR) is 142 cm³/mol. The number of nitrogens with zero attached hydrogens (tertiary/aromatic N) is 2. The molecule has 0 aromatic heterocycles. The van der Waals surface area contributed by atoms with Crippen molar-refractivity contribution < 1.29 is 19.1 Å². The average molecular weight is 513 g/mol. The molecule has 0 aliphatic carbocycles. The van der Waals surface area contributed by atoms with Gasteiger partial charge in [0.1, 0.15) is 12.4 Å². The zero-order valence-corrected chi connectivity index (χ0v) is 22.0. The van der Waals surface area contributed by atoms with E-state index in [0.717, 1.165) is 50.8 Å². The monoisotopic (exact) mass is 512 g/mol. The Kier molecular flexibility index (Phi) is 9.27. The fraction of sp³-hybridized carbons (Fsp3) is 0.517. The molecule has 194 valence electrons. The van der Waals surface area contributed by atoms with E-state index in [1.165, 1.54) is 0 Å². The Morgan fingerprint density at radius 3 is 2.53 bits per heavy atom. The van der Waals surface area contributed by atoms with Crippen LogP contribution in [0.5, 0.6) is 5.75 Å². The molecule has 2 amide bonds. The van der Waals surface area contributed by atoms with Gasteiger partial charge in [-0.05, 0) is 61.3 Å². The summed E-state index contributed by atoms with van der Waals surface area (Å²) in [5, 5.41) is 0.695. The summed E-state index contributed by atoms with van der Waals surface area (Å²) in [4.78, 5) is 30.4. The van der Waals surface area contributed by atoms with E-state index >= 15 is 0 Å². The number of piperidine rings is 1. The summed E-state index contributed by atoms with van der Waals surface area (Å²) in [7, 11) is 1.76. The average Bonchev–Trinajstić information content (AvgIpc) is 2.90. The minimum atomic E-state index is 0.0131. The summed E-state index contributed by atoms with van der Waals surface area (Å²) >= 11 is 6.30. The number of carbonyl (C=O) groups is 2. The second-order valence-corrected chi connectivity index (χ2v) is 10.4. The Balaban J connectivity index is 1.49. The number of hydrogen-bond donors (Lipinski definition) is 0. The van der Waals surface area contributed by atoms with Crippen LogP contribution >= 0.6 is 11.6 Å². The second-order valence-electron chi connectivity index (χ2n) is 10.00. The van der Waals surface area contributed by atoms with Gasteiger partial charge in [0.15, 0.2) is 0 Å². The molecule has 2 aromatic carbocycles. The molecular weight excluding hydrogens is 476 g/mol. The summed E-state index contributed by atoms with van der Waals surface area (Å²) in [6.45, 7) is 3.68. The van der Waals surface area contributed by atoms with Crippen molar-refractivity contribution in [1.29, 1.82) is 0 Å². The summed E-state index contributed by atoms with van der Waals surface area (Å²) in [5.41, 5.74) is 1.66. The highest BCUT2D eigenvalue weighted by Gasteiger charge is 2.36. The number of rotatable bonds is 5. The van der Waals surface area contributed by atoms with E-state index in [0.29, 0.717) is 55.5 Å². The molecule has 0 saturated carbocycles. The maximum atomic E-state index is 13.4. The Morgan fingerprint density at radius 1 is 1.00 bits per heavy atom. The third-order valence-electron chi connectivity index (χ3n) is 7.60. The molecule has 0 N–H and O–H groups in total. The molecule has 1 saturated heterocycles. The molecule has 6 nitrogen and oxygen atoms in total. The highest BCUT2D eigenvalue weighted by atomic mass is 35.5. The standard InChI is InChI=1S/C29H37ClN2O4/c1-35-22-29-14-6-7-17-31(27(33)13-12-23-8-2-4-10-25(23)30)20-21-36-26-11-5-3-9-24(26)28(34)32(18-15-29)19-16-29/h2-5,8-11H,6-7,12-22H2,1H3. The van der Waals surface area contributed by atoms with Crippen LogP contribution in [-0.4, -0.2) is 68.1 Å². The van der Waals surface area contributed by atoms with Gasteiger partial charge in [0, 0.05) is 38.2 Å². The van der Waals surface area contributed by atoms with Crippen LogP contribution in [0.15, 0.2) is 48.5 Å².